The van der Waals surface area contributed by atoms with E-state index in [4.69, 9.17) is 10.8 Å². The van der Waals surface area contributed by atoms with Gasteiger partial charge in [-0.1, -0.05) is 0 Å². The number of rotatable bonds is 5. The molecule has 20 heavy (non-hydrogen) atoms. The number of anilines is 1. The van der Waals surface area contributed by atoms with Crippen molar-refractivity contribution in [3.05, 3.63) is 23.9 Å². The van der Waals surface area contributed by atoms with E-state index < -0.39 is 11.9 Å². The van der Waals surface area contributed by atoms with Crippen molar-refractivity contribution in [2.45, 2.75) is 25.7 Å². The molecule has 6 heteroatoms. The number of pyridine rings is 1. The van der Waals surface area contributed by atoms with Crippen LogP contribution in [0.3, 0.4) is 0 Å². The fourth-order valence-electron chi connectivity index (χ4n) is 2.58. The van der Waals surface area contributed by atoms with E-state index in [0.29, 0.717) is 17.9 Å². The van der Waals surface area contributed by atoms with Crippen molar-refractivity contribution in [2.24, 2.45) is 11.7 Å². The van der Waals surface area contributed by atoms with Crippen LogP contribution < -0.4 is 10.6 Å². The summed E-state index contributed by atoms with van der Waals surface area (Å²) in [6, 6.07) is 3.29. The van der Waals surface area contributed by atoms with E-state index in [2.05, 4.69) is 9.88 Å². The lowest BCUT2D eigenvalue weighted by Crippen LogP contribution is -2.36. The van der Waals surface area contributed by atoms with E-state index in [-0.39, 0.29) is 6.42 Å². The van der Waals surface area contributed by atoms with Gasteiger partial charge in [0.2, 0.25) is 5.91 Å². The third-order valence-electron chi connectivity index (χ3n) is 3.64. The van der Waals surface area contributed by atoms with Crippen molar-refractivity contribution in [1.82, 2.24) is 4.98 Å². The Morgan fingerprint density at radius 2 is 2.30 bits per heavy atom. The predicted octanol–water partition coefficient (Wildman–Crippen LogP) is 1.26. The van der Waals surface area contributed by atoms with Crippen molar-refractivity contribution in [1.29, 1.82) is 0 Å². The zero-order valence-electron chi connectivity index (χ0n) is 11.3. The van der Waals surface area contributed by atoms with Crippen molar-refractivity contribution in [3.63, 3.8) is 0 Å². The fraction of sp³-hybridized carbons (Fsp3) is 0.500. The quantitative estimate of drug-likeness (QED) is 0.844. The molecule has 2 rings (SSSR count). The summed E-state index contributed by atoms with van der Waals surface area (Å²) in [6.45, 7) is 1.65. The molecule has 108 valence electrons. The normalized spacial score (nSPS) is 18.8. The van der Waals surface area contributed by atoms with E-state index in [1.807, 2.05) is 0 Å². The van der Waals surface area contributed by atoms with Gasteiger partial charge in [-0.05, 0) is 37.3 Å². The van der Waals surface area contributed by atoms with Gasteiger partial charge in [-0.25, -0.2) is 4.98 Å². The maximum Gasteiger partial charge on any atom is 0.303 e. The second-order valence-electron chi connectivity index (χ2n) is 5.15. The molecule has 0 bridgehead atoms. The molecule has 0 radical (unpaired) electrons. The number of aromatic nitrogens is 1. The molecule has 1 amide bonds. The number of piperidine rings is 1. The lowest BCUT2D eigenvalue weighted by Gasteiger charge is -2.33. The average molecular weight is 277 g/mol. The second kappa shape index (κ2) is 6.36. The summed E-state index contributed by atoms with van der Waals surface area (Å²) in [5.74, 6) is -0.121. The van der Waals surface area contributed by atoms with Gasteiger partial charge in [0.05, 0.1) is 0 Å². The van der Waals surface area contributed by atoms with E-state index in [1.165, 1.54) is 0 Å². The predicted molar refractivity (Wildman–Crippen MR) is 74.6 cm³/mol. The SMILES string of the molecule is NC(=O)c1ccnc(N2CCCC(CCC(=O)O)C2)c1. The van der Waals surface area contributed by atoms with Crippen molar-refractivity contribution in [2.75, 3.05) is 18.0 Å². The fourth-order valence-corrected chi connectivity index (χ4v) is 2.58. The maximum absolute atomic E-state index is 11.2. The highest BCUT2D eigenvalue weighted by Crippen LogP contribution is 2.25. The number of nitrogens with zero attached hydrogens (tertiary/aromatic N) is 2. The molecule has 0 spiro atoms. The number of amides is 1. The van der Waals surface area contributed by atoms with Crippen LogP contribution >= 0.6 is 0 Å². The highest BCUT2D eigenvalue weighted by molar-refractivity contribution is 5.93. The smallest absolute Gasteiger partial charge is 0.303 e. The number of aliphatic carboxylic acids is 1. The van der Waals surface area contributed by atoms with Crippen LogP contribution in [0, 0.1) is 5.92 Å². The van der Waals surface area contributed by atoms with Crippen LogP contribution in [0.15, 0.2) is 18.3 Å². The van der Waals surface area contributed by atoms with Crippen LogP contribution in [0.25, 0.3) is 0 Å². The molecule has 1 fully saturated rings. The van der Waals surface area contributed by atoms with Gasteiger partial charge in [0.15, 0.2) is 0 Å². The summed E-state index contributed by atoms with van der Waals surface area (Å²) in [6.07, 6.45) is 4.51. The maximum atomic E-state index is 11.2. The molecule has 1 aromatic rings. The molecule has 1 unspecified atom stereocenters. The molecule has 0 aromatic carbocycles. The van der Waals surface area contributed by atoms with Gasteiger partial charge in [0.1, 0.15) is 5.82 Å². The number of hydrogen-bond donors (Lipinski definition) is 2. The highest BCUT2D eigenvalue weighted by Gasteiger charge is 2.21. The first-order valence-corrected chi connectivity index (χ1v) is 6.79. The Balaban J connectivity index is 2.03. The number of carboxylic acid groups (broad SMARTS) is 1. The van der Waals surface area contributed by atoms with Gasteiger partial charge in [-0.2, -0.15) is 0 Å². The summed E-state index contributed by atoms with van der Waals surface area (Å²) < 4.78 is 0. The number of nitrogens with two attached hydrogens (primary N) is 1. The highest BCUT2D eigenvalue weighted by atomic mass is 16.4. The van der Waals surface area contributed by atoms with Crippen LogP contribution in [-0.2, 0) is 4.79 Å². The van der Waals surface area contributed by atoms with Crippen molar-refractivity contribution >= 4 is 17.7 Å². The van der Waals surface area contributed by atoms with E-state index in [1.54, 1.807) is 18.3 Å². The summed E-state index contributed by atoms with van der Waals surface area (Å²) >= 11 is 0. The molecule has 1 aromatic heterocycles. The second-order valence-corrected chi connectivity index (χ2v) is 5.15. The lowest BCUT2D eigenvalue weighted by molar-refractivity contribution is -0.137. The molecule has 1 aliphatic heterocycles. The first kappa shape index (κ1) is 14.3. The summed E-state index contributed by atoms with van der Waals surface area (Å²) in [4.78, 5) is 28.2. The zero-order chi connectivity index (χ0) is 14.5. The largest absolute Gasteiger partial charge is 0.481 e. The molecular formula is C14H19N3O3. The van der Waals surface area contributed by atoms with Crippen LogP contribution in [0.1, 0.15) is 36.0 Å². The average Bonchev–Trinajstić information content (AvgIpc) is 2.45. The summed E-state index contributed by atoms with van der Waals surface area (Å²) in [5.41, 5.74) is 5.72. The Kier molecular flexibility index (Phi) is 4.55. The Bertz CT molecular complexity index is 504. The number of hydrogen-bond acceptors (Lipinski definition) is 4. The monoisotopic (exact) mass is 277 g/mol. The number of carbonyl (C=O) groups excluding carboxylic acids is 1. The molecule has 1 aliphatic rings. The minimum atomic E-state index is -0.754. The third-order valence-corrected chi connectivity index (χ3v) is 3.64. The third kappa shape index (κ3) is 3.69. The molecule has 0 aliphatic carbocycles. The van der Waals surface area contributed by atoms with Gasteiger partial charge in [-0.15, -0.1) is 0 Å². The van der Waals surface area contributed by atoms with Crippen LogP contribution in [0.4, 0.5) is 5.82 Å². The molecule has 6 nitrogen and oxygen atoms in total. The Morgan fingerprint density at radius 3 is 3.00 bits per heavy atom. The molecule has 2 heterocycles. The lowest BCUT2D eigenvalue weighted by atomic mass is 9.93. The van der Waals surface area contributed by atoms with E-state index in [9.17, 15) is 9.59 Å². The molecule has 3 N–H and O–H groups in total. The van der Waals surface area contributed by atoms with Gasteiger partial charge >= 0.3 is 5.97 Å². The Labute approximate surface area is 117 Å². The minimum Gasteiger partial charge on any atom is -0.481 e. The molecule has 0 saturated carbocycles. The van der Waals surface area contributed by atoms with Gasteiger partial charge in [0, 0.05) is 31.3 Å². The van der Waals surface area contributed by atoms with Crippen LogP contribution in [0.2, 0.25) is 0 Å². The van der Waals surface area contributed by atoms with Gasteiger partial charge in [-0.3, -0.25) is 9.59 Å². The molecule has 1 saturated heterocycles. The first-order valence-electron chi connectivity index (χ1n) is 6.79. The van der Waals surface area contributed by atoms with Crippen molar-refractivity contribution in [3.8, 4) is 0 Å². The Hall–Kier alpha value is -2.11. The standard InChI is InChI=1S/C14H19N3O3/c15-14(20)11-5-6-16-12(8-11)17-7-1-2-10(9-17)3-4-13(18)19/h5-6,8,10H,1-4,7,9H2,(H2,15,20)(H,18,19). The molecular weight excluding hydrogens is 258 g/mol. The van der Waals surface area contributed by atoms with Gasteiger partial charge < -0.3 is 15.7 Å². The topological polar surface area (TPSA) is 96.5 Å². The van der Waals surface area contributed by atoms with E-state index in [0.717, 1.165) is 31.7 Å². The van der Waals surface area contributed by atoms with Crippen molar-refractivity contribution < 1.29 is 14.7 Å². The minimum absolute atomic E-state index is 0.202. The summed E-state index contributed by atoms with van der Waals surface area (Å²) in [5, 5.41) is 8.75. The van der Waals surface area contributed by atoms with Gasteiger partial charge in [0.25, 0.3) is 0 Å². The number of primary amides is 1. The van der Waals surface area contributed by atoms with E-state index >= 15 is 0 Å². The number of carboxylic acids is 1. The zero-order valence-corrected chi connectivity index (χ0v) is 11.3. The van der Waals surface area contributed by atoms with Crippen LogP contribution in [-0.4, -0.2) is 35.1 Å². The van der Waals surface area contributed by atoms with Crippen LogP contribution in [0.5, 0.6) is 0 Å². The Morgan fingerprint density at radius 1 is 1.50 bits per heavy atom. The molecule has 1 atom stereocenters. The first-order chi connectivity index (χ1) is 9.56. The number of carbonyl (C=O) groups is 2. The summed E-state index contributed by atoms with van der Waals surface area (Å²) in [7, 11) is 0.